The number of halogens is 6. The highest BCUT2D eigenvalue weighted by atomic mass is 35.5. The third kappa shape index (κ3) is 3.28. The third-order valence-corrected chi connectivity index (χ3v) is 3.36. The quantitative estimate of drug-likeness (QED) is 0.802. The van der Waals surface area contributed by atoms with Crippen molar-refractivity contribution in [2.24, 2.45) is 5.92 Å². The van der Waals surface area contributed by atoms with E-state index in [1.807, 2.05) is 0 Å². The van der Waals surface area contributed by atoms with Crippen LogP contribution in [0.15, 0.2) is 10.9 Å². The highest BCUT2D eigenvalue weighted by Crippen LogP contribution is 2.44. The average molecular weight is 317 g/mol. The van der Waals surface area contributed by atoms with Crippen LogP contribution in [0.4, 0.5) is 22.0 Å². The van der Waals surface area contributed by atoms with Crippen molar-refractivity contribution in [2.75, 3.05) is 0 Å². The lowest BCUT2D eigenvalue weighted by atomic mass is 9.79. The van der Waals surface area contributed by atoms with E-state index in [4.69, 9.17) is 11.6 Å². The van der Waals surface area contributed by atoms with Gasteiger partial charge in [0.05, 0.1) is 0 Å². The predicted molar refractivity (Wildman–Crippen MR) is 60.8 cm³/mol. The molecule has 0 spiro atoms. The fourth-order valence-electron chi connectivity index (χ4n) is 2.16. The van der Waals surface area contributed by atoms with Crippen LogP contribution in [0, 0.1) is 5.92 Å². The second-order valence-corrected chi connectivity index (χ2v) is 5.21. The first-order valence-electron chi connectivity index (χ1n) is 5.81. The van der Waals surface area contributed by atoms with E-state index in [1.54, 1.807) is 0 Å². The summed E-state index contributed by atoms with van der Waals surface area (Å²) in [6, 6.07) is 0.456. The highest BCUT2D eigenvalue weighted by Gasteiger charge is 2.44. The van der Waals surface area contributed by atoms with Gasteiger partial charge in [0.25, 0.3) is 5.56 Å². The fraction of sp³-hybridized carbons (Fsp3) is 0.636. The van der Waals surface area contributed by atoms with Crippen LogP contribution in [0.1, 0.15) is 24.8 Å². The summed E-state index contributed by atoms with van der Waals surface area (Å²) in [5, 5.41) is 3.03. The summed E-state index contributed by atoms with van der Waals surface area (Å²) in [6.07, 6.45) is -5.28. The van der Waals surface area contributed by atoms with Crippen LogP contribution in [0.2, 0.25) is 5.15 Å². The molecule has 1 aromatic rings. The molecule has 1 saturated carbocycles. The van der Waals surface area contributed by atoms with Gasteiger partial charge in [0, 0.05) is 19.4 Å². The van der Waals surface area contributed by atoms with E-state index in [2.05, 4.69) is 5.10 Å². The van der Waals surface area contributed by atoms with Crippen molar-refractivity contribution in [2.45, 2.75) is 37.9 Å². The third-order valence-electron chi connectivity index (χ3n) is 3.17. The lowest BCUT2D eigenvalue weighted by Crippen LogP contribution is -2.37. The van der Waals surface area contributed by atoms with Crippen LogP contribution in [-0.4, -0.2) is 15.7 Å². The maximum atomic E-state index is 12.6. The molecule has 0 bridgehead atoms. The normalized spacial score (nSPS) is 18.9. The zero-order valence-corrected chi connectivity index (χ0v) is 10.8. The van der Waals surface area contributed by atoms with Gasteiger partial charge in [-0.15, -0.1) is 0 Å². The predicted octanol–water partition coefficient (Wildman–Crippen LogP) is 3.35. The van der Waals surface area contributed by atoms with Crippen LogP contribution < -0.4 is 5.56 Å². The van der Waals surface area contributed by atoms with Crippen molar-refractivity contribution >= 4 is 11.6 Å². The highest BCUT2D eigenvalue weighted by molar-refractivity contribution is 6.29. The molecule has 0 amide bonds. The molecule has 1 aromatic heterocycles. The molecule has 0 radical (unpaired) electrons. The van der Waals surface area contributed by atoms with Crippen molar-refractivity contribution in [3.63, 3.8) is 0 Å². The van der Waals surface area contributed by atoms with E-state index in [1.165, 1.54) is 0 Å². The summed E-state index contributed by atoms with van der Waals surface area (Å²) < 4.78 is 63.6. The summed E-state index contributed by atoms with van der Waals surface area (Å²) in [6.45, 7) is -0.163. The molecular formula is C11H10ClF5N2O. The molecule has 0 aromatic carbocycles. The molecule has 1 aliphatic carbocycles. The first kappa shape index (κ1) is 15.2. The molecular weight excluding hydrogens is 307 g/mol. The van der Waals surface area contributed by atoms with Gasteiger partial charge in [-0.25, -0.2) is 13.5 Å². The van der Waals surface area contributed by atoms with E-state index in [-0.39, 0.29) is 31.7 Å². The van der Waals surface area contributed by atoms with Crippen LogP contribution in [0.25, 0.3) is 0 Å². The molecule has 9 heteroatoms. The summed E-state index contributed by atoms with van der Waals surface area (Å²) in [7, 11) is 0. The monoisotopic (exact) mass is 316 g/mol. The molecule has 1 heterocycles. The van der Waals surface area contributed by atoms with Crippen molar-refractivity contribution in [1.82, 2.24) is 9.78 Å². The number of aromatic nitrogens is 2. The molecule has 0 atom stereocenters. The molecule has 112 valence electrons. The minimum atomic E-state index is -4.82. The Morgan fingerprint density at radius 2 is 2.00 bits per heavy atom. The summed E-state index contributed by atoms with van der Waals surface area (Å²) in [5.41, 5.74) is -2.72. The van der Waals surface area contributed by atoms with Crippen LogP contribution >= 0.6 is 11.6 Å². The molecule has 2 rings (SSSR count). The van der Waals surface area contributed by atoms with E-state index in [9.17, 15) is 26.7 Å². The van der Waals surface area contributed by atoms with Gasteiger partial charge in [0.2, 0.25) is 5.92 Å². The smallest absolute Gasteiger partial charge is 0.267 e. The van der Waals surface area contributed by atoms with Gasteiger partial charge >= 0.3 is 6.18 Å². The number of hydrogen-bond acceptors (Lipinski definition) is 2. The maximum Gasteiger partial charge on any atom is 0.421 e. The summed E-state index contributed by atoms with van der Waals surface area (Å²) in [5.74, 6) is -3.01. The minimum absolute atomic E-state index is 0.163. The van der Waals surface area contributed by atoms with E-state index < -0.39 is 28.4 Å². The number of rotatable bonds is 3. The Labute approximate surface area is 115 Å². The standard InChI is InChI=1S/C11H10ClF5N2O/c12-8-3-7(11(15,16)17)9(20)19(18-8)2-1-6-4-10(13,14)5-6/h3,6H,1-2,4-5H2. The maximum absolute atomic E-state index is 12.6. The Hall–Kier alpha value is -1.18. The molecule has 3 nitrogen and oxygen atoms in total. The largest absolute Gasteiger partial charge is 0.421 e. The minimum Gasteiger partial charge on any atom is -0.267 e. The summed E-state index contributed by atoms with van der Waals surface area (Å²) >= 11 is 5.45. The van der Waals surface area contributed by atoms with Crippen molar-refractivity contribution in [3.05, 3.63) is 27.1 Å². The van der Waals surface area contributed by atoms with Crippen molar-refractivity contribution < 1.29 is 22.0 Å². The van der Waals surface area contributed by atoms with Gasteiger partial charge in [-0.2, -0.15) is 18.3 Å². The van der Waals surface area contributed by atoms with Gasteiger partial charge in [0.15, 0.2) is 0 Å². The molecule has 1 fully saturated rings. The van der Waals surface area contributed by atoms with Crippen LogP contribution in [0.5, 0.6) is 0 Å². The molecule has 1 aliphatic rings. The van der Waals surface area contributed by atoms with Gasteiger partial charge < -0.3 is 0 Å². The zero-order chi connectivity index (χ0) is 15.1. The first-order valence-corrected chi connectivity index (χ1v) is 6.19. The van der Waals surface area contributed by atoms with Crippen LogP contribution in [0.3, 0.4) is 0 Å². The molecule has 0 N–H and O–H groups in total. The van der Waals surface area contributed by atoms with Gasteiger partial charge in [-0.05, 0) is 18.4 Å². The number of hydrogen-bond donors (Lipinski definition) is 0. The van der Waals surface area contributed by atoms with E-state index in [0.29, 0.717) is 10.7 Å². The second kappa shape index (κ2) is 4.98. The van der Waals surface area contributed by atoms with E-state index >= 15 is 0 Å². The molecule has 20 heavy (non-hydrogen) atoms. The molecule has 0 unspecified atom stereocenters. The Kier molecular flexibility index (Phi) is 3.79. The molecule has 0 aliphatic heterocycles. The Morgan fingerprint density at radius 1 is 1.40 bits per heavy atom. The average Bonchev–Trinajstić information content (AvgIpc) is 2.25. The Bertz CT molecular complexity index is 561. The van der Waals surface area contributed by atoms with E-state index in [0.717, 1.165) is 0 Å². The van der Waals surface area contributed by atoms with Crippen LogP contribution in [-0.2, 0) is 12.7 Å². The lowest BCUT2D eigenvalue weighted by molar-refractivity contribution is -0.139. The molecule has 0 saturated heterocycles. The number of alkyl halides is 5. The Morgan fingerprint density at radius 3 is 2.50 bits per heavy atom. The van der Waals surface area contributed by atoms with Crippen molar-refractivity contribution in [3.8, 4) is 0 Å². The van der Waals surface area contributed by atoms with Crippen molar-refractivity contribution in [1.29, 1.82) is 0 Å². The second-order valence-electron chi connectivity index (χ2n) is 4.83. The van der Waals surface area contributed by atoms with Gasteiger partial charge in [-0.3, -0.25) is 4.79 Å². The topological polar surface area (TPSA) is 34.9 Å². The first-order chi connectivity index (χ1) is 9.08. The van der Waals surface area contributed by atoms with Gasteiger partial charge in [0.1, 0.15) is 10.7 Å². The lowest BCUT2D eigenvalue weighted by Gasteiger charge is -2.34. The fourth-order valence-corrected chi connectivity index (χ4v) is 2.36. The Balaban J connectivity index is 2.13. The number of aryl methyl sites for hydroxylation is 1. The van der Waals surface area contributed by atoms with Gasteiger partial charge in [-0.1, -0.05) is 11.6 Å². The number of nitrogens with zero attached hydrogens (tertiary/aromatic N) is 2. The SMILES string of the molecule is O=c1c(C(F)(F)F)cc(Cl)nn1CCC1CC(F)(F)C1. The zero-order valence-electron chi connectivity index (χ0n) is 10.1. The summed E-state index contributed by atoms with van der Waals surface area (Å²) in [4.78, 5) is 11.6.